The molecule has 0 aliphatic rings. The molecule has 0 radical (unpaired) electrons. The maximum Gasteiger partial charge on any atom is 0.124 e. The van der Waals surface area contributed by atoms with Gasteiger partial charge in [0.15, 0.2) is 0 Å². The van der Waals surface area contributed by atoms with E-state index in [0.717, 1.165) is 21.3 Å². The predicted octanol–water partition coefficient (Wildman–Crippen LogP) is 5.35. The number of hydrogen-bond acceptors (Lipinski definition) is 2. The van der Waals surface area contributed by atoms with Crippen molar-refractivity contribution in [2.24, 2.45) is 5.73 Å². The van der Waals surface area contributed by atoms with Gasteiger partial charge < -0.3 is 10.5 Å². The van der Waals surface area contributed by atoms with Crippen LogP contribution in [-0.4, -0.2) is 0 Å². The first-order valence-electron chi connectivity index (χ1n) is 6.09. The second-order valence-corrected chi connectivity index (χ2v) is 6.25. The Labute approximate surface area is 137 Å². The first-order chi connectivity index (χ1) is 9.47. The molecule has 0 unspecified atom stereocenters. The van der Waals surface area contributed by atoms with Gasteiger partial charge in [0.2, 0.25) is 0 Å². The summed E-state index contributed by atoms with van der Waals surface area (Å²) >= 11 is 15.4. The number of benzene rings is 2. The molecule has 0 aliphatic carbocycles. The molecule has 0 saturated carbocycles. The Kier molecular flexibility index (Phi) is 5.33. The molecule has 2 N–H and O–H groups in total. The lowest BCUT2D eigenvalue weighted by Crippen LogP contribution is -2.08. The molecule has 2 aromatic carbocycles. The highest BCUT2D eigenvalue weighted by Crippen LogP contribution is 2.29. The Balaban J connectivity index is 2.18. The van der Waals surface area contributed by atoms with E-state index in [9.17, 15) is 0 Å². The average molecular weight is 375 g/mol. The van der Waals surface area contributed by atoms with Gasteiger partial charge in [0.05, 0.1) is 0 Å². The Bertz CT molecular complexity index is 617. The standard InChI is InChI=1S/C15H14BrCl2NO/c1-9(19)13-6-11(16)3-5-15(13)20-8-10-2-4-12(17)7-14(10)18/h2-7,9H,8,19H2,1H3/t9-/m0/s1. The van der Waals surface area contributed by atoms with Gasteiger partial charge in [0, 0.05) is 31.7 Å². The molecule has 0 saturated heterocycles. The van der Waals surface area contributed by atoms with Crippen LogP contribution in [0.1, 0.15) is 24.1 Å². The normalized spacial score (nSPS) is 12.2. The van der Waals surface area contributed by atoms with E-state index in [4.69, 9.17) is 33.7 Å². The zero-order valence-electron chi connectivity index (χ0n) is 10.9. The van der Waals surface area contributed by atoms with Crippen LogP contribution in [0.4, 0.5) is 0 Å². The smallest absolute Gasteiger partial charge is 0.124 e. The Morgan fingerprint density at radius 1 is 1.20 bits per heavy atom. The first-order valence-corrected chi connectivity index (χ1v) is 7.64. The summed E-state index contributed by atoms with van der Waals surface area (Å²) in [4.78, 5) is 0. The minimum Gasteiger partial charge on any atom is -0.489 e. The molecule has 0 amide bonds. The summed E-state index contributed by atoms with van der Waals surface area (Å²) in [6.07, 6.45) is 0. The summed E-state index contributed by atoms with van der Waals surface area (Å²) in [5.74, 6) is 0.759. The number of hydrogen-bond donors (Lipinski definition) is 1. The molecule has 0 aromatic heterocycles. The van der Waals surface area contributed by atoms with Crippen molar-refractivity contribution in [2.45, 2.75) is 19.6 Å². The molecular weight excluding hydrogens is 361 g/mol. The number of rotatable bonds is 4. The molecule has 0 spiro atoms. The topological polar surface area (TPSA) is 35.2 Å². The Morgan fingerprint density at radius 3 is 2.60 bits per heavy atom. The second-order valence-electron chi connectivity index (χ2n) is 4.50. The van der Waals surface area contributed by atoms with Crippen LogP contribution >= 0.6 is 39.1 Å². The molecule has 0 heterocycles. The van der Waals surface area contributed by atoms with Crippen LogP contribution < -0.4 is 10.5 Å². The molecule has 2 rings (SSSR count). The number of nitrogens with two attached hydrogens (primary N) is 1. The van der Waals surface area contributed by atoms with Gasteiger partial charge in [-0.3, -0.25) is 0 Å². The minimum atomic E-state index is -0.108. The van der Waals surface area contributed by atoms with Gasteiger partial charge in [-0.25, -0.2) is 0 Å². The van der Waals surface area contributed by atoms with Crippen molar-refractivity contribution in [1.82, 2.24) is 0 Å². The molecule has 2 aromatic rings. The van der Waals surface area contributed by atoms with Crippen molar-refractivity contribution in [1.29, 1.82) is 0 Å². The molecule has 5 heteroatoms. The number of ether oxygens (including phenoxy) is 1. The SMILES string of the molecule is C[C@H](N)c1cc(Br)ccc1OCc1ccc(Cl)cc1Cl. The van der Waals surface area contributed by atoms with Crippen molar-refractivity contribution < 1.29 is 4.74 Å². The second kappa shape index (κ2) is 6.81. The molecule has 1 atom stereocenters. The van der Waals surface area contributed by atoms with Gasteiger partial charge in [-0.2, -0.15) is 0 Å². The van der Waals surface area contributed by atoms with Crippen LogP contribution in [0.15, 0.2) is 40.9 Å². The third-order valence-electron chi connectivity index (χ3n) is 2.86. The lowest BCUT2D eigenvalue weighted by Gasteiger charge is -2.15. The maximum atomic E-state index is 6.13. The van der Waals surface area contributed by atoms with Crippen LogP contribution in [0, 0.1) is 0 Å². The third-order valence-corrected chi connectivity index (χ3v) is 3.94. The van der Waals surface area contributed by atoms with E-state index in [-0.39, 0.29) is 6.04 Å². The first kappa shape index (κ1) is 15.6. The fourth-order valence-electron chi connectivity index (χ4n) is 1.80. The zero-order chi connectivity index (χ0) is 14.7. The van der Waals surface area contributed by atoms with Crippen LogP contribution in [0.3, 0.4) is 0 Å². The maximum absolute atomic E-state index is 6.13. The minimum absolute atomic E-state index is 0.108. The Morgan fingerprint density at radius 2 is 1.95 bits per heavy atom. The van der Waals surface area contributed by atoms with E-state index in [2.05, 4.69) is 15.9 Å². The summed E-state index contributed by atoms with van der Waals surface area (Å²) in [5, 5.41) is 1.20. The van der Waals surface area contributed by atoms with Crippen LogP contribution in [0.2, 0.25) is 10.0 Å². The Hall–Kier alpha value is -0.740. The average Bonchev–Trinajstić information content (AvgIpc) is 2.38. The quantitative estimate of drug-likeness (QED) is 0.782. The third kappa shape index (κ3) is 3.89. The van der Waals surface area contributed by atoms with Gasteiger partial charge in [0.1, 0.15) is 12.4 Å². The van der Waals surface area contributed by atoms with Gasteiger partial charge in [-0.05, 0) is 37.3 Å². The van der Waals surface area contributed by atoms with Crippen LogP contribution in [-0.2, 0) is 6.61 Å². The summed E-state index contributed by atoms with van der Waals surface area (Å²) in [6, 6.07) is 11.0. The van der Waals surface area contributed by atoms with E-state index in [1.54, 1.807) is 12.1 Å². The van der Waals surface area contributed by atoms with Crippen molar-refractivity contribution in [3.63, 3.8) is 0 Å². The summed E-state index contributed by atoms with van der Waals surface area (Å²) < 4.78 is 6.81. The number of halogens is 3. The summed E-state index contributed by atoms with van der Waals surface area (Å²) in [7, 11) is 0. The highest BCUT2D eigenvalue weighted by atomic mass is 79.9. The van der Waals surface area contributed by atoms with Gasteiger partial charge in [-0.1, -0.05) is 45.2 Å². The lowest BCUT2D eigenvalue weighted by molar-refractivity contribution is 0.301. The largest absolute Gasteiger partial charge is 0.489 e. The molecular formula is C15H14BrCl2NO. The van der Waals surface area contributed by atoms with E-state index in [0.29, 0.717) is 16.7 Å². The molecule has 20 heavy (non-hydrogen) atoms. The van der Waals surface area contributed by atoms with Crippen molar-refractivity contribution in [3.05, 3.63) is 62.0 Å². The fraction of sp³-hybridized carbons (Fsp3) is 0.200. The highest BCUT2D eigenvalue weighted by molar-refractivity contribution is 9.10. The molecule has 0 fully saturated rings. The van der Waals surface area contributed by atoms with Gasteiger partial charge in [0.25, 0.3) is 0 Å². The summed E-state index contributed by atoms with van der Waals surface area (Å²) in [5.41, 5.74) is 7.79. The van der Waals surface area contributed by atoms with E-state index in [1.807, 2.05) is 31.2 Å². The van der Waals surface area contributed by atoms with Crippen LogP contribution in [0.25, 0.3) is 0 Å². The van der Waals surface area contributed by atoms with E-state index < -0.39 is 0 Å². The monoisotopic (exact) mass is 373 g/mol. The van der Waals surface area contributed by atoms with E-state index >= 15 is 0 Å². The van der Waals surface area contributed by atoms with Gasteiger partial charge in [-0.15, -0.1) is 0 Å². The van der Waals surface area contributed by atoms with Crippen molar-refractivity contribution in [2.75, 3.05) is 0 Å². The van der Waals surface area contributed by atoms with Crippen molar-refractivity contribution >= 4 is 39.1 Å². The van der Waals surface area contributed by atoms with Crippen molar-refractivity contribution in [3.8, 4) is 5.75 Å². The molecule has 106 valence electrons. The molecule has 0 aliphatic heterocycles. The zero-order valence-corrected chi connectivity index (χ0v) is 14.0. The highest BCUT2D eigenvalue weighted by Gasteiger charge is 2.10. The molecule has 0 bridgehead atoms. The fourth-order valence-corrected chi connectivity index (χ4v) is 2.64. The lowest BCUT2D eigenvalue weighted by atomic mass is 10.1. The summed E-state index contributed by atoms with van der Waals surface area (Å²) in [6.45, 7) is 2.29. The van der Waals surface area contributed by atoms with Crippen LogP contribution in [0.5, 0.6) is 5.75 Å². The predicted molar refractivity (Wildman–Crippen MR) is 87.5 cm³/mol. The van der Waals surface area contributed by atoms with E-state index in [1.165, 1.54) is 0 Å². The molecule has 2 nitrogen and oxygen atoms in total. The van der Waals surface area contributed by atoms with Gasteiger partial charge >= 0.3 is 0 Å².